The summed E-state index contributed by atoms with van der Waals surface area (Å²) in [7, 11) is 0. The molecule has 0 spiro atoms. The lowest BCUT2D eigenvalue weighted by Crippen LogP contribution is -2.32. The Hall–Kier alpha value is -4.11. The second-order valence-electron chi connectivity index (χ2n) is 6.78. The van der Waals surface area contributed by atoms with Crippen LogP contribution in [0.5, 0.6) is 0 Å². The normalized spacial score (nSPS) is 15.4. The van der Waals surface area contributed by atoms with Crippen LogP contribution >= 0.6 is 11.3 Å². The average Bonchev–Trinajstić information content (AvgIpc) is 3.21. The van der Waals surface area contributed by atoms with Gasteiger partial charge in [0.15, 0.2) is 0 Å². The van der Waals surface area contributed by atoms with Gasteiger partial charge in [-0.1, -0.05) is 59.9 Å². The van der Waals surface area contributed by atoms with Crippen LogP contribution in [0.15, 0.2) is 82.7 Å². The van der Waals surface area contributed by atoms with E-state index < -0.39 is 6.17 Å². The van der Waals surface area contributed by atoms with Crippen LogP contribution in [0, 0.1) is 0 Å². The van der Waals surface area contributed by atoms with Gasteiger partial charge in [-0.15, -0.1) is 10.2 Å². The van der Waals surface area contributed by atoms with Crippen molar-refractivity contribution in [2.45, 2.75) is 6.17 Å². The predicted octanol–water partition coefficient (Wildman–Crippen LogP) is 3.12. The molecule has 1 amide bonds. The zero-order valence-electron chi connectivity index (χ0n) is 16.1. The number of anilines is 2. The Kier molecular flexibility index (Phi) is 4.85. The summed E-state index contributed by atoms with van der Waals surface area (Å²) < 4.78 is 0. The van der Waals surface area contributed by atoms with Crippen molar-refractivity contribution in [3.05, 3.63) is 94.4 Å². The molecule has 0 radical (unpaired) electrons. The molecule has 9 heteroatoms. The first kappa shape index (κ1) is 18.9. The number of pyridine rings is 1. The molecule has 0 aliphatic carbocycles. The van der Waals surface area contributed by atoms with Gasteiger partial charge < -0.3 is 15.6 Å². The van der Waals surface area contributed by atoms with Gasteiger partial charge in [0, 0.05) is 29.0 Å². The van der Waals surface area contributed by atoms with Gasteiger partial charge in [-0.25, -0.2) is 4.99 Å². The maximum Gasteiger partial charge on any atom is 0.269 e. The molecule has 4 aromatic rings. The highest BCUT2D eigenvalue weighted by Gasteiger charge is 2.26. The van der Waals surface area contributed by atoms with Crippen LogP contribution in [-0.2, 0) is 4.79 Å². The molecule has 2 aromatic heterocycles. The molecule has 1 aliphatic heterocycles. The molecule has 0 bridgehead atoms. The largest absolute Gasteiger partial charge is 0.331 e. The second kappa shape index (κ2) is 7.96. The van der Waals surface area contributed by atoms with Gasteiger partial charge in [0.1, 0.15) is 5.01 Å². The standard InChI is InChI=1S/C22H16N6O2S/c29-17-12-14(10-11-23-17)21-27-28-22(31-21)26-19-20(30)24-16-9-5-4-8-15(16)18(25-19)13-6-2-1-3-7-13/h1-12,19H,(H,23,29)(H,24,30)(H,26,28). The maximum atomic E-state index is 12.9. The molecule has 8 nitrogen and oxygen atoms in total. The average molecular weight is 428 g/mol. The van der Waals surface area contributed by atoms with Crippen molar-refractivity contribution in [3.63, 3.8) is 0 Å². The highest BCUT2D eigenvalue weighted by molar-refractivity contribution is 7.18. The molecule has 31 heavy (non-hydrogen) atoms. The number of nitrogens with zero attached hydrogens (tertiary/aromatic N) is 3. The smallest absolute Gasteiger partial charge is 0.269 e. The lowest BCUT2D eigenvalue weighted by Gasteiger charge is -2.11. The van der Waals surface area contributed by atoms with Crippen molar-refractivity contribution >= 4 is 33.8 Å². The number of aromatic amines is 1. The van der Waals surface area contributed by atoms with E-state index in [-0.39, 0.29) is 11.5 Å². The molecule has 2 aromatic carbocycles. The number of H-pyrrole nitrogens is 1. The van der Waals surface area contributed by atoms with Gasteiger partial charge in [-0.3, -0.25) is 9.59 Å². The molecule has 1 atom stereocenters. The summed E-state index contributed by atoms with van der Waals surface area (Å²) in [5, 5.41) is 15.3. The molecule has 0 fully saturated rings. The summed E-state index contributed by atoms with van der Waals surface area (Å²) in [6, 6.07) is 20.5. The number of benzodiazepines with no additional fused rings is 1. The molecule has 3 heterocycles. The molecule has 3 N–H and O–H groups in total. The Labute approximate surface area is 180 Å². The number of amides is 1. The molecule has 5 rings (SSSR count). The lowest BCUT2D eigenvalue weighted by molar-refractivity contribution is -0.116. The number of hydrogen-bond donors (Lipinski definition) is 3. The minimum Gasteiger partial charge on any atom is -0.331 e. The molecule has 1 unspecified atom stereocenters. The molecular formula is C22H16N6O2S. The van der Waals surface area contributed by atoms with Crippen molar-refractivity contribution in [1.82, 2.24) is 15.2 Å². The van der Waals surface area contributed by atoms with Crippen LogP contribution in [0.25, 0.3) is 10.6 Å². The minimum atomic E-state index is -0.900. The van der Waals surface area contributed by atoms with Crippen LogP contribution in [0.1, 0.15) is 11.1 Å². The van der Waals surface area contributed by atoms with Crippen LogP contribution in [0.4, 0.5) is 10.8 Å². The third kappa shape index (κ3) is 3.86. The monoisotopic (exact) mass is 428 g/mol. The number of carbonyl (C=O) groups is 1. The second-order valence-corrected chi connectivity index (χ2v) is 7.76. The Bertz CT molecular complexity index is 1350. The Balaban J connectivity index is 1.51. The zero-order chi connectivity index (χ0) is 21.2. The van der Waals surface area contributed by atoms with Crippen molar-refractivity contribution in [1.29, 1.82) is 0 Å². The van der Waals surface area contributed by atoms with Crippen LogP contribution in [0.3, 0.4) is 0 Å². The number of carbonyl (C=O) groups excluding carboxylic acids is 1. The molecular weight excluding hydrogens is 412 g/mol. The van der Waals surface area contributed by atoms with E-state index in [1.807, 2.05) is 54.6 Å². The van der Waals surface area contributed by atoms with Gasteiger partial charge in [0.2, 0.25) is 16.9 Å². The Morgan fingerprint density at radius 2 is 1.71 bits per heavy atom. The fraction of sp³-hybridized carbons (Fsp3) is 0.0455. The highest BCUT2D eigenvalue weighted by atomic mass is 32.1. The highest BCUT2D eigenvalue weighted by Crippen LogP contribution is 2.28. The first-order chi connectivity index (χ1) is 15.2. The number of fused-ring (bicyclic) bond motifs is 1. The third-order valence-electron chi connectivity index (χ3n) is 4.70. The number of hydrogen-bond acceptors (Lipinski definition) is 7. The quantitative estimate of drug-likeness (QED) is 0.462. The Morgan fingerprint density at radius 3 is 2.55 bits per heavy atom. The number of benzene rings is 2. The van der Waals surface area contributed by atoms with Crippen molar-refractivity contribution in [2.75, 3.05) is 10.6 Å². The number of aliphatic imine (C=N–C) groups is 1. The number of rotatable bonds is 4. The summed E-state index contributed by atoms with van der Waals surface area (Å²) in [6.45, 7) is 0. The first-order valence-electron chi connectivity index (χ1n) is 9.50. The molecule has 0 saturated carbocycles. The third-order valence-corrected chi connectivity index (χ3v) is 5.60. The van der Waals surface area contributed by atoms with Gasteiger partial charge >= 0.3 is 0 Å². The summed E-state index contributed by atoms with van der Waals surface area (Å²) in [4.78, 5) is 31.8. The van der Waals surface area contributed by atoms with Crippen LogP contribution in [-0.4, -0.2) is 33.0 Å². The zero-order valence-corrected chi connectivity index (χ0v) is 16.9. The number of para-hydroxylation sites is 1. The number of nitrogens with one attached hydrogen (secondary N) is 3. The van der Waals surface area contributed by atoms with E-state index in [1.54, 1.807) is 12.3 Å². The van der Waals surface area contributed by atoms with Gasteiger partial charge in [-0.05, 0) is 12.1 Å². The van der Waals surface area contributed by atoms with Gasteiger partial charge in [0.05, 0.1) is 11.4 Å². The van der Waals surface area contributed by atoms with E-state index in [0.29, 0.717) is 27.1 Å². The lowest BCUT2D eigenvalue weighted by atomic mass is 10.0. The minimum absolute atomic E-state index is 0.222. The SMILES string of the molecule is O=C1Nc2ccccc2C(c2ccccc2)=NC1Nc1nnc(-c2cc[nH]c(=O)c2)s1. The molecule has 152 valence electrons. The van der Waals surface area contributed by atoms with Crippen molar-refractivity contribution in [2.24, 2.45) is 4.99 Å². The van der Waals surface area contributed by atoms with Crippen LogP contribution in [0.2, 0.25) is 0 Å². The van der Waals surface area contributed by atoms with Gasteiger partial charge in [-0.2, -0.15) is 0 Å². The summed E-state index contributed by atoms with van der Waals surface area (Å²) in [5.74, 6) is -0.300. The van der Waals surface area contributed by atoms with Crippen molar-refractivity contribution < 1.29 is 4.79 Å². The fourth-order valence-electron chi connectivity index (χ4n) is 3.27. The van der Waals surface area contributed by atoms with E-state index >= 15 is 0 Å². The molecule has 1 aliphatic rings. The van der Waals surface area contributed by atoms with E-state index in [0.717, 1.165) is 11.1 Å². The van der Waals surface area contributed by atoms with Gasteiger partial charge in [0.25, 0.3) is 5.91 Å². The maximum absolute atomic E-state index is 12.9. The fourth-order valence-corrected chi connectivity index (χ4v) is 4.04. The number of aromatic nitrogens is 3. The summed E-state index contributed by atoms with van der Waals surface area (Å²) in [6.07, 6.45) is 0.654. The molecule has 0 saturated heterocycles. The topological polar surface area (TPSA) is 112 Å². The predicted molar refractivity (Wildman–Crippen MR) is 121 cm³/mol. The first-order valence-corrected chi connectivity index (χ1v) is 10.3. The van der Waals surface area contributed by atoms with Crippen LogP contribution < -0.4 is 16.2 Å². The van der Waals surface area contributed by atoms with E-state index in [2.05, 4.69) is 25.8 Å². The van der Waals surface area contributed by atoms with E-state index in [4.69, 9.17) is 4.99 Å². The summed E-state index contributed by atoms with van der Waals surface area (Å²) >= 11 is 1.24. The summed E-state index contributed by atoms with van der Waals surface area (Å²) in [5.41, 5.74) is 3.57. The van der Waals surface area contributed by atoms with Crippen molar-refractivity contribution in [3.8, 4) is 10.6 Å². The van der Waals surface area contributed by atoms with E-state index in [9.17, 15) is 9.59 Å². The Morgan fingerprint density at radius 1 is 0.903 bits per heavy atom. The van der Waals surface area contributed by atoms with E-state index in [1.165, 1.54) is 17.4 Å².